The summed E-state index contributed by atoms with van der Waals surface area (Å²) >= 11 is 1.52. The van der Waals surface area contributed by atoms with Crippen LogP contribution in [0, 0.1) is 6.92 Å². The van der Waals surface area contributed by atoms with Crippen molar-refractivity contribution in [1.29, 1.82) is 0 Å². The molecule has 2 N–H and O–H groups in total. The van der Waals surface area contributed by atoms with E-state index in [-0.39, 0.29) is 5.75 Å². The van der Waals surface area contributed by atoms with Gasteiger partial charge >= 0.3 is 0 Å². The predicted octanol–water partition coefficient (Wildman–Crippen LogP) is 4.09. The lowest BCUT2D eigenvalue weighted by molar-refractivity contribution is 0.464. The number of nitrogens with one attached hydrogen (secondary N) is 1. The largest absolute Gasteiger partial charge is 0.508 e. The lowest BCUT2D eigenvalue weighted by Crippen LogP contribution is -1.93. The lowest BCUT2D eigenvalue weighted by atomic mass is 10.3. The number of aromatic nitrogens is 2. The second kappa shape index (κ2) is 5.80. The highest BCUT2D eigenvalue weighted by atomic mass is 32.1. The van der Waals surface area contributed by atoms with E-state index in [1.54, 1.807) is 42.6 Å². The van der Waals surface area contributed by atoms with E-state index in [9.17, 15) is 5.11 Å². The predicted molar refractivity (Wildman–Crippen MR) is 82.6 cm³/mol. The molecule has 0 unspecified atom stereocenters. The van der Waals surface area contributed by atoms with Crippen molar-refractivity contribution in [2.45, 2.75) is 6.92 Å². The van der Waals surface area contributed by atoms with Gasteiger partial charge in [0, 0.05) is 17.6 Å². The van der Waals surface area contributed by atoms with Crippen LogP contribution in [0.25, 0.3) is 0 Å². The van der Waals surface area contributed by atoms with Gasteiger partial charge in [-0.05, 0) is 37.3 Å². The molecule has 0 saturated heterocycles. The van der Waals surface area contributed by atoms with Crippen LogP contribution in [0.2, 0.25) is 0 Å². The first-order chi connectivity index (χ1) is 10.2. The van der Waals surface area contributed by atoms with E-state index in [0.717, 1.165) is 10.8 Å². The molecule has 106 valence electrons. The molecule has 3 rings (SSSR count). The molecule has 0 atom stereocenters. The van der Waals surface area contributed by atoms with Crippen molar-refractivity contribution in [2.24, 2.45) is 0 Å². The zero-order valence-corrected chi connectivity index (χ0v) is 12.1. The maximum Gasteiger partial charge on any atom is 0.188 e. The summed E-state index contributed by atoms with van der Waals surface area (Å²) in [4.78, 5) is 8.56. The summed E-state index contributed by atoms with van der Waals surface area (Å²) in [5.74, 6) is 2.18. The summed E-state index contributed by atoms with van der Waals surface area (Å²) in [7, 11) is 0. The number of phenols is 1. The average Bonchev–Trinajstić information content (AvgIpc) is 2.87. The molecule has 2 heterocycles. The molecular weight excluding hydrogens is 286 g/mol. The van der Waals surface area contributed by atoms with E-state index in [4.69, 9.17) is 4.74 Å². The molecule has 0 aliphatic heterocycles. The molecule has 0 fully saturated rings. The van der Waals surface area contributed by atoms with Crippen LogP contribution in [0.15, 0.2) is 48.0 Å². The Morgan fingerprint density at radius 3 is 2.67 bits per heavy atom. The molecule has 0 amide bonds. The Morgan fingerprint density at radius 2 is 1.95 bits per heavy atom. The number of aryl methyl sites for hydroxylation is 1. The van der Waals surface area contributed by atoms with Crippen LogP contribution in [0.4, 0.5) is 10.9 Å². The fourth-order valence-electron chi connectivity index (χ4n) is 1.71. The number of phenolic OH excluding ortho intramolecular Hbond substituents is 1. The summed E-state index contributed by atoms with van der Waals surface area (Å²) in [5.41, 5.74) is 0.971. The van der Waals surface area contributed by atoms with E-state index >= 15 is 0 Å². The molecule has 21 heavy (non-hydrogen) atoms. The van der Waals surface area contributed by atoms with Gasteiger partial charge in [-0.15, -0.1) is 11.3 Å². The van der Waals surface area contributed by atoms with Crippen molar-refractivity contribution in [3.63, 3.8) is 0 Å². The van der Waals surface area contributed by atoms with Crippen molar-refractivity contribution in [2.75, 3.05) is 5.32 Å². The number of nitrogens with zero attached hydrogens (tertiary/aromatic N) is 2. The Labute approximate surface area is 125 Å². The van der Waals surface area contributed by atoms with Crippen LogP contribution in [0.3, 0.4) is 0 Å². The summed E-state index contributed by atoms with van der Waals surface area (Å²) < 4.78 is 5.71. The number of hydrogen-bond donors (Lipinski definition) is 2. The molecule has 1 aromatic carbocycles. The minimum atomic E-state index is 0.207. The first-order valence-electron chi connectivity index (χ1n) is 6.31. The third kappa shape index (κ3) is 3.49. The molecule has 2 aromatic heterocycles. The first kappa shape index (κ1) is 13.4. The number of hydrogen-bond acceptors (Lipinski definition) is 6. The van der Waals surface area contributed by atoms with Gasteiger partial charge in [0.05, 0.1) is 5.69 Å². The molecule has 3 aromatic rings. The number of rotatable bonds is 4. The van der Waals surface area contributed by atoms with Crippen LogP contribution >= 0.6 is 11.3 Å². The normalized spacial score (nSPS) is 10.3. The fourth-order valence-corrected chi connectivity index (χ4v) is 2.41. The number of benzene rings is 1. The third-order valence-corrected chi connectivity index (χ3v) is 3.53. The van der Waals surface area contributed by atoms with E-state index in [1.807, 2.05) is 12.3 Å². The molecule has 0 bridgehead atoms. The van der Waals surface area contributed by atoms with Gasteiger partial charge in [-0.3, -0.25) is 0 Å². The Morgan fingerprint density at radius 1 is 1.14 bits per heavy atom. The van der Waals surface area contributed by atoms with Crippen molar-refractivity contribution in [1.82, 2.24) is 9.97 Å². The van der Waals surface area contributed by atoms with Crippen LogP contribution in [-0.2, 0) is 0 Å². The van der Waals surface area contributed by atoms with E-state index < -0.39 is 0 Å². The highest BCUT2D eigenvalue weighted by molar-refractivity contribution is 7.13. The van der Waals surface area contributed by atoms with Gasteiger partial charge in [-0.25, -0.2) is 9.97 Å². The quantitative estimate of drug-likeness (QED) is 0.759. The minimum absolute atomic E-state index is 0.207. The lowest BCUT2D eigenvalue weighted by Gasteiger charge is -2.07. The summed E-state index contributed by atoms with van der Waals surface area (Å²) in [6.07, 6.45) is 1.67. The molecule has 0 aliphatic carbocycles. The van der Waals surface area contributed by atoms with Crippen LogP contribution in [0.5, 0.6) is 17.2 Å². The van der Waals surface area contributed by atoms with Gasteiger partial charge in [0.15, 0.2) is 5.13 Å². The topological polar surface area (TPSA) is 67.3 Å². The smallest absolute Gasteiger partial charge is 0.188 e. The zero-order valence-electron chi connectivity index (χ0n) is 11.3. The maximum absolute atomic E-state index is 9.25. The molecule has 0 radical (unpaired) electrons. The van der Waals surface area contributed by atoms with Gasteiger partial charge < -0.3 is 15.2 Å². The molecular formula is C15H13N3O2S. The van der Waals surface area contributed by atoms with E-state index in [2.05, 4.69) is 15.3 Å². The van der Waals surface area contributed by atoms with Gasteiger partial charge in [0.1, 0.15) is 23.1 Å². The first-order valence-corrected chi connectivity index (χ1v) is 7.19. The molecule has 0 spiro atoms. The highest BCUT2D eigenvalue weighted by Crippen LogP contribution is 2.26. The molecule has 0 saturated carbocycles. The Kier molecular flexibility index (Phi) is 3.70. The van der Waals surface area contributed by atoms with Crippen molar-refractivity contribution in [3.05, 3.63) is 53.7 Å². The second-order valence-electron chi connectivity index (χ2n) is 4.39. The van der Waals surface area contributed by atoms with Gasteiger partial charge in [-0.1, -0.05) is 0 Å². The Bertz CT molecular complexity index is 741. The minimum Gasteiger partial charge on any atom is -0.508 e. The second-order valence-corrected chi connectivity index (χ2v) is 5.25. The number of ether oxygens (including phenoxy) is 1. The van der Waals surface area contributed by atoms with Crippen molar-refractivity contribution >= 4 is 22.3 Å². The van der Waals surface area contributed by atoms with Crippen molar-refractivity contribution < 1.29 is 9.84 Å². The zero-order chi connectivity index (χ0) is 14.7. The Balaban J connectivity index is 1.75. The SMILES string of the molecule is Cc1csc(Nc2cc(Oc3ccc(O)cc3)ccn2)n1. The van der Waals surface area contributed by atoms with E-state index in [0.29, 0.717) is 17.3 Å². The fraction of sp³-hybridized carbons (Fsp3) is 0.0667. The maximum atomic E-state index is 9.25. The number of aromatic hydroxyl groups is 1. The number of pyridine rings is 1. The molecule has 0 aliphatic rings. The number of anilines is 2. The van der Waals surface area contributed by atoms with Crippen molar-refractivity contribution in [3.8, 4) is 17.2 Å². The summed E-state index contributed by atoms with van der Waals surface area (Å²) in [6, 6.07) is 10.1. The molecule has 5 nitrogen and oxygen atoms in total. The van der Waals surface area contributed by atoms with E-state index in [1.165, 1.54) is 11.3 Å². The highest BCUT2D eigenvalue weighted by Gasteiger charge is 2.03. The van der Waals surface area contributed by atoms with Gasteiger partial charge in [0.25, 0.3) is 0 Å². The third-order valence-electron chi connectivity index (χ3n) is 2.66. The van der Waals surface area contributed by atoms with Crippen LogP contribution in [-0.4, -0.2) is 15.1 Å². The summed E-state index contributed by atoms with van der Waals surface area (Å²) in [6.45, 7) is 1.94. The van der Waals surface area contributed by atoms with Gasteiger partial charge in [0.2, 0.25) is 0 Å². The monoisotopic (exact) mass is 299 g/mol. The van der Waals surface area contributed by atoms with Crippen LogP contribution < -0.4 is 10.1 Å². The number of thiazole rings is 1. The van der Waals surface area contributed by atoms with Crippen LogP contribution in [0.1, 0.15) is 5.69 Å². The summed E-state index contributed by atoms with van der Waals surface area (Å²) in [5, 5.41) is 15.2. The Hall–Kier alpha value is -2.60. The van der Waals surface area contributed by atoms with Gasteiger partial charge in [-0.2, -0.15) is 0 Å². The average molecular weight is 299 g/mol. The molecule has 6 heteroatoms. The standard InChI is InChI=1S/C15H13N3O2S/c1-10-9-21-15(17-10)18-14-8-13(6-7-16-14)20-12-4-2-11(19)3-5-12/h2-9,19H,1H3,(H,16,17,18).